The molecule has 1 aliphatic rings. The molecular weight excluding hydrogens is 348 g/mol. The maximum atomic E-state index is 11.5. The Labute approximate surface area is 156 Å². The van der Waals surface area contributed by atoms with Gasteiger partial charge >= 0.3 is 0 Å². The first-order valence-electron chi connectivity index (χ1n) is 8.83. The van der Waals surface area contributed by atoms with Crippen molar-refractivity contribution >= 4 is 37.5 Å². The highest BCUT2D eigenvalue weighted by Crippen LogP contribution is 2.38. The molecule has 1 saturated carbocycles. The van der Waals surface area contributed by atoms with Crippen LogP contribution in [0.15, 0.2) is 24.5 Å². The van der Waals surface area contributed by atoms with Crippen LogP contribution in [0.1, 0.15) is 36.0 Å². The molecule has 1 aromatic carbocycles. The van der Waals surface area contributed by atoms with Gasteiger partial charge in [0, 0.05) is 21.7 Å². The van der Waals surface area contributed by atoms with E-state index in [-0.39, 0.29) is 6.10 Å². The molecule has 4 rings (SSSR count). The molecule has 136 valence electrons. The first-order chi connectivity index (χ1) is 12.5. The van der Waals surface area contributed by atoms with E-state index in [2.05, 4.69) is 29.0 Å². The molecule has 2 N–H and O–H groups in total. The molecule has 0 unspecified atom stereocenters. The number of benzene rings is 1. The van der Waals surface area contributed by atoms with Crippen LogP contribution in [0, 0.1) is 0 Å². The summed E-state index contributed by atoms with van der Waals surface area (Å²) in [7, 11) is 4.27. The van der Waals surface area contributed by atoms with Crippen molar-refractivity contribution in [3.8, 4) is 5.88 Å². The van der Waals surface area contributed by atoms with E-state index in [9.17, 15) is 4.79 Å². The van der Waals surface area contributed by atoms with Crippen molar-refractivity contribution in [3.05, 3.63) is 30.1 Å². The minimum absolute atomic E-state index is 0.165. The fourth-order valence-corrected chi connectivity index (χ4v) is 4.68. The first-order valence-corrected chi connectivity index (χ1v) is 9.64. The minimum atomic E-state index is -0.437. The van der Waals surface area contributed by atoms with Gasteiger partial charge in [0.05, 0.1) is 5.39 Å². The van der Waals surface area contributed by atoms with Gasteiger partial charge < -0.3 is 15.4 Å². The number of aromatic nitrogens is 2. The topological polar surface area (TPSA) is 81.3 Å². The van der Waals surface area contributed by atoms with Gasteiger partial charge in [0.15, 0.2) is 0 Å². The normalized spacial score (nSPS) is 20.7. The lowest BCUT2D eigenvalue weighted by Crippen LogP contribution is -2.35. The van der Waals surface area contributed by atoms with Crippen molar-refractivity contribution in [1.82, 2.24) is 14.9 Å². The molecule has 0 atom stereocenters. The summed E-state index contributed by atoms with van der Waals surface area (Å²) in [6, 6.07) is 6.10. The van der Waals surface area contributed by atoms with Crippen LogP contribution in [0.4, 0.5) is 0 Å². The van der Waals surface area contributed by atoms with Gasteiger partial charge in [-0.3, -0.25) is 4.79 Å². The van der Waals surface area contributed by atoms with E-state index in [4.69, 9.17) is 10.5 Å². The van der Waals surface area contributed by atoms with Gasteiger partial charge in [0.1, 0.15) is 17.3 Å². The standard InChI is InChI=1S/C19H22N4O2S/c1-23(2)12-4-6-13(7-5-12)25-18-16-14-9-11(17(20)24)3-8-15(14)26-19(16)22-10-21-18/h3,8-10,12-13H,4-7H2,1-2H3,(H2,20,24)/t12-,13-. The van der Waals surface area contributed by atoms with E-state index in [0.29, 0.717) is 17.5 Å². The predicted molar refractivity (Wildman–Crippen MR) is 104 cm³/mol. The monoisotopic (exact) mass is 370 g/mol. The van der Waals surface area contributed by atoms with Crippen LogP contribution in [0.25, 0.3) is 20.3 Å². The number of thiophene rings is 1. The summed E-state index contributed by atoms with van der Waals surface area (Å²) < 4.78 is 7.33. The largest absolute Gasteiger partial charge is 0.474 e. The molecule has 0 aliphatic heterocycles. The van der Waals surface area contributed by atoms with Gasteiger partial charge in [0.2, 0.25) is 11.8 Å². The van der Waals surface area contributed by atoms with Gasteiger partial charge in [-0.05, 0) is 58.0 Å². The van der Waals surface area contributed by atoms with Gasteiger partial charge in [0.25, 0.3) is 0 Å². The maximum absolute atomic E-state index is 11.5. The quantitative estimate of drug-likeness (QED) is 0.763. The van der Waals surface area contributed by atoms with Crippen LogP contribution >= 0.6 is 11.3 Å². The Balaban J connectivity index is 1.68. The number of fused-ring (bicyclic) bond motifs is 3. The molecule has 0 radical (unpaired) electrons. The Morgan fingerprint density at radius 3 is 2.69 bits per heavy atom. The fraction of sp³-hybridized carbons (Fsp3) is 0.421. The number of carbonyl (C=O) groups is 1. The van der Waals surface area contributed by atoms with E-state index >= 15 is 0 Å². The smallest absolute Gasteiger partial charge is 0.248 e. The second-order valence-corrected chi connectivity index (χ2v) is 8.08. The van der Waals surface area contributed by atoms with Crippen molar-refractivity contribution in [2.75, 3.05) is 14.1 Å². The highest BCUT2D eigenvalue weighted by Gasteiger charge is 2.25. The molecule has 0 bridgehead atoms. The predicted octanol–water partition coefficient (Wildman–Crippen LogP) is 3.20. The third kappa shape index (κ3) is 3.12. The van der Waals surface area contributed by atoms with Gasteiger partial charge in [-0.1, -0.05) is 0 Å². The molecule has 7 heteroatoms. The number of carbonyl (C=O) groups excluding carboxylic acids is 1. The Morgan fingerprint density at radius 1 is 1.23 bits per heavy atom. The van der Waals surface area contributed by atoms with Crippen LogP contribution < -0.4 is 10.5 Å². The van der Waals surface area contributed by atoms with E-state index in [1.54, 1.807) is 23.7 Å². The molecule has 0 saturated heterocycles. The molecule has 1 aliphatic carbocycles. The van der Waals surface area contributed by atoms with Crippen LogP contribution in [0.3, 0.4) is 0 Å². The average Bonchev–Trinajstić information content (AvgIpc) is 3.00. The lowest BCUT2D eigenvalue weighted by Gasteiger charge is -2.32. The summed E-state index contributed by atoms with van der Waals surface area (Å²) in [6.07, 6.45) is 6.00. The highest BCUT2D eigenvalue weighted by molar-refractivity contribution is 7.25. The minimum Gasteiger partial charge on any atom is -0.474 e. The van der Waals surface area contributed by atoms with E-state index in [1.165, 1.54) is 0 Å². The number of nitrogens with two attached hydrogens (primary N) is 1. The summed E-state index contributed by atoms with van der Waals surface area (Å²) in [6.45, 7) is 0. The molecule has 3 aromatic rings. The molecular formula is C19H22N4O2S. The molecule has 26 heavy (non-hydrogen) atoms. The molecule has 6 nitrogen and oxygen atoms in total. The summed E-state index contributed by atoms with van der Waals surface area (Å²) in [4.78, 5) is 23.5. The number of nitrogens with zero attached hydrogens (tertiary/aromatic N) is 3. The lowest BCUT2D eigenvalue weighted by atomic mass is 9.92. The molecule has 2 heterocycles. The third-order valence-electron chi connectivity index (χ3n) is 5.17. The maximum Gasteiger partial charge on any atom is 0.248 e. The molecule has 1 amide bonds. The second kappa shape index (κ2) is 6.81. The third-order valence-corrected chi connectivity index (χ3v) is 6.25. The average molecular weight is 370 g/mol. The fourth-order valence-electron chi connectivity index (χ4n) is 3.66. The Hall–Kier alpha value is -2.25. The zero-order valence-electron chi connectivity index (χ0n) is 14.9. The Kier molecular flexibility index (Phi) is 4.50. The highest BCUT2D eigenvalue weighted by atomic mass is 32.1. The van der Waals surface area contributed by atoms with Gasteiger partial charge in [-0.2, -0.15) is 0 Å². The Morgan fingerprint density at radius 2 is 2.00 bits per heavy atom. The number of ether oxygens (including phenoxy) is 1. The zero-order chi connectivity index (χ0) is 18.3. The van der Waals surface area contributed by atoms with Crippen molar-refractivity contribution in [2.24, 2.45) is 5.73 Å². The van der Waals surface area contributed by atoms with Crippen molar-refractivity contribution in [1.29, 1.82) is 0 Å². The summed E-state index contributed by atoms with van der Waals surface area (Å²) in [5.74, 6) is 0.170. The number of primary amides is 1. The van der Waals surface area contributed by atoms with E-state index in [1.807, 2.05) is 12.1 Å². The SMILES string of the molecule is CN(C)[C@H]1CC[C@H](Oc2ncnc3sc4ccc(C(N)=O)cc4c23)CC1. The number of hydrogen-bond acceptors (Lipinski definition) is 6. The molecule has 1 fully saturated rings. The number of amides is 1. The summed E-state index contributed by atoms with van der Waals surface area (Å²) in [5, 5.41) is 1.81. The summed E-state index contributed by atoms with van der Waals surface area (Å²) in [5.41, 5.74) is 5.93. The van der Waals surface area contributed by atoms with Crippen LogP contribution in [-0.4, -0.2) is 47.0 Å². The van der Waals surface area contributed by atoms with Crippen molar-refractivity contribution in [2.45, 2.75) is 37.8 Å². The second-order valence-electron chi connectivity index (χ2n) is 7.05. The van der Waals surface area contributed by atoms with Crippen molar-refractivity contribution < 1.29 is 9.53 Å². The van der Waals surface area contributed by atoms with Crippen LogP contribution in [-0.2, 0) is 0 Å². The van der Waals surface area contributed by atoms with Crippen LogP contribution in [0.2, 0.25) is 0 Å². The molecule has 0 spiro atoms. The lowest BCUT2D eigenvalue weighted by molar-refractivity contribution is 0.1000. The zero-order valence-corrected chi connectivity index (χ0v) is 15.8. The number of rotatable bonds is 4. The molecule has 2 aromatic heterocycles. The number of hydrogen-bond donors (Lipinski definition) is 1. The first kappa shape index (κ1) is 17.2. The summed E-state index contributed by atoms with van der Waals surface area (Å²) >= 11 is 1.57. The van der Waals surface area contributed by atoms with Gasteiger partial charge in [-0.15, -0.1) is 11.3 Å². The Bertz CT molecular complexity index is 961. The van der Waals surface area contributed by atoms with E-state index < -0.39 is 5.91 Å². The van der Waals surface area contributed by atoms with Crippen molar-refractivity contribution in [3.63, 3.8) is 0 Å². The van der Waals surface area contributed by atoms with Crippen LogP contribution in [0.5, 0.6) is 5.88 Å². The van der Waals surface area contributed by atoms with Gasteiger partial charge in [-0.25, -0.2) is 9.97 Å². The van der Waals surface area contributed by atoms with E-state index in [0.717, 1.165) is 46.0 Å².